The number of aromatic nitrogens is 4. The van der Waals surface area contributed by atoms with Gasteiger partial charge in [0.2, 0.25) is 5.91 Å². The van der Waals surface area contributed by atoms with Crippen LogP contribution in [-0.4, -0.2) is 74.6 Å². The maximum atomic E-state index is 13.4. The number of likely N-dealkylation sites (tertiary alicyclic amines) is 2. The van der Waals surface area contributed by atoms with Gasteiger partial charge in [0.15, 0.2) is 0 Å². The number of rotatable bonds is 4. The molecule has 3 aromatic heterocycles. The van der Waals surface area contributed by atoms with E-state index in [4.69, 9.17) is 4.74 Å². The van der Waals surface area contributed by atoms with E-state index in [9.17, 15) is 4.79 Å². The molecule has 11 heteroatoms. The van der Waals surface area contributed by atoms with Gasteiger partial charge in [-0.3, -0.25) is 9.69 Å². The number of amides is 1. The van der Waals surface area contributed by atoms with E-state index in [2.05, 4.69) is 41.7 Å². The number of hydrogen-bond donors (Lipinski definition) is 1. The molecule has 5 heterocycles. The number of carbonyl (C=O) groups excluding carboxylic acids is 1. The molecule has 2 bridgehead atoms. The molecule has 2 saturated heterocycles. The number of thiophene rings is 1. The molecule has 1 amide bonds. The highest BCUT2D eigenvalue weighted by Gasteiger charge is 2.45. The molecule has 0 spiro atoms. The van der Waals surface area contributed by atoms with Crippen molar-refractivity contribution < 1.29 is 9.53 Å². The van der Waals surface area contributed by atoms with E-state index in [1.165, 1.54) is 22.0 Å². The highest BCUT2D eigenvalue weighted by atomic mass is 32.1. The summed E-state index contributed by atoms with van der Waals surface area (Å²) < 4.78 is 10.6. The minimum atomic E-state index is 0.0610. The zero-order chi connectivity index (χ0) is 23.7. The van der Waals surface area contributed by atoms with Crippen LogP contribution in [0.5, 0.6) is 5.75 Å². The number of nitrogens with one attached hydrogen (secondary N) is 1. The van der Waals surface area contributed by atoms with E-state index < -0.39 is 0 Å². The van der Waals surface area contributed by atoms with Crippen LogP contribution >= 0.6 is 22.9 Å². The zero-order valence-electron chi connectivity index (χ0n) is 19.5. The molecule has 2 fully saturated rings. The average molecular weight is 508 g/mol. The molecule has 9 nitrogen and oxygen atoms in total. The van der Waals surface area contributed by atoms with Gasteiger partial charge in [0.1, 0.15) is 28.2 Å². The quantitative estimate of drug-likeness (QED) is 0.449. The maximum absolute atomic E-state index is 13.4. The minimum Gasteiger partial charge on any atom is -0.494 e. The molecule has 2 aliphatic heterocycles. The number of aryl methyl sites for hydroxylation is 1. The summed E-state index contributed by atoms with van der Waals surface area (Å²) in [4.78, 5) is 29.4. The molecule has 1 N–H and O–H groups in total. The summed E-state index contributed by atoms with van der Waals surface area (Å²) in [6, 6.07) is 4.82. The van der Waals surface area contributed by atoms with Crippen molar-refractivity contribution in [2.45, 2.75) is 37.8 Å². The van der Waals surface area contributed by atoms with Gasteiger partial charge in [-0.2, -0.15) is 0 Å². The first-order chi connectivity index (χ1) is 17.1. The topological polar surface area (TPSA) is 96.4 Å². The molecule has 1 aliphatic carbocycles. The number of ether oxygens (including phenoxy) is 1. The summed E-state index contributed by atoms with van der Waals surface area (Å²) in [5.74, 6) is 1.87. The van der Waals surface area contributed by atoms with E-state index in [1.54, 1.807) is 24.8 Å². The smallest absolute Gasteiger partial charge is 0.226 e. The third kappa shape index (κ3) is 3.40. The molecule has 0 saturated carbocycles. The Balaban J connectivity index is 1.19. The standard InChI is InChI=1S/C24H25N7O2S2/c1-30-9-14-6-13(30)10-31(14)24(32)12-3-4-15-19(5-12)34-23-21(15)22(25-11-26-23)27-16-8-20-17(28-29-35-20)7-18(16)33-2/h7-8,11-14H,3-6,9-10H2,1-2H3,(H,25,26,27)/t12-,13-,14?/m0/s1. The first kappa shape index (κ1) is 21.4. The molecule has 35 heavy (non-hydrogen) atoms. The molecule has 4 aromatic rings. The van der Waals surface area contributed by atoms with Gasteiger partial charge in [-0.25, -0.2) is 9.97 Å². The number of methoxy groups -OCH3 is 1. The van der Waals surface area contributed by atoms with Crippen molar-refractivity contribution in [2.24, 2.45) is 5.92 Å². The van der Waals surface area contributed by atoms with Gasteiger partial charge in [-0.15, -0.1) is 16.4 Å². The number of carbonyl (C=O) groups is 1. The molecular weight excluding hydrogens is 482 g/mol. The molecule has 7 rings (SSSR count). The lowest BCUT2D eigenvalue weighted by Crippen LogP contribution is -2.49. The number of anilines is 2. The number of hydrogen-bond acceptors (Lipinski definition) is 10. The van der Waals surface area contributed by atoms with Gasteiger partial charge in [0.05, 0.1) is 22.9 Å². The maximum Gasteiger partial charge on any atom is 0.226 e. The van der Waals surface area contributed by atoms with E-state index in [1.807, 2.05) is 12.1 Å². The van der Waals surface area contributed by atoms with Crippen molar-refractivity contribution in [3.05, 3.63) is 28.9 Å². The van der Waals surface area contributed by atoms with Gasteiger partial charge in [-0.1, -0.05) is 4.49 Å². The first-order valence-electron chi connectivity index (χ1n) is 11.9. The van der Waals surface area contributed by atoms with Crippen LogP contribution in [0.1, 0.15) is 23.3 Å². The normalized spacial score (nSPS) is 23.8. The Hall–Kier alpha value is -2.89. The zero-order valence-corrected chi connectivity index (χ0v) is 21.2. The Kier molecular flexibility index (Phi) is 4.94. The molecule has 1 aromatic carbocycles. The van der Waals surface area contributed by atoms with Crippen LogP contribution in [0.15, 0.2) is 18.5 Å². The summed E-state index contributed by atoms with van der Waals surface area (Å²) >= 11 is 3.05. The molecule has 3 aliphatic rings. The first-order valence-corrected chi connectivity index (χ1v) is 13.5. The summed E-state index contributed by atoms with van der Waals surface area (Å²) in [6.07, 6.45) is 5.26. The van der Waals surface area contributed by atoms with E-state index in [0.717, 1.165) is 70.7 Å². The van der Waals surface area contributed by atoms with Crippen molar-refractivity contribution in [1.29, 1.82) is 0 Å². The second kappa shape index (κ2) is 8.07. The SMILES string of the molecule is COc1cc2nnsc2cc1Nc1ncnc2sc3c(c12)CC[C@H](C(=O)N1C[C@@H]2CC1CN2C)C3. The van der Waals surface area contributed by atoms with Crippen molar-refractivity contribution in [2.75, 3.05) is 32.6 Å². The fraction of sp³-hybridized carbons (Fsp3) is 0.458. The van der Waals surface area contributed by atoms with E-state index in [-0.39, 0.29) is 5.92 Å². The van der Waals surface area contributed by atoms with Crippen LogP contribution in [-0.2, 0) is 17.6 Å². The Morgan fingerprint density at radius 1 is 1.23 bits per heavy atom. The lowest BCUT2D eigenvalue weighted by molar-refractivity contribution is -0.138. The number of fused-ring (bicyclic) bond motifs is 6. The molecule has 180 valence electrons. The van der Waals surface area contributed by atoms with Gasteiger partial charge in [0.25, 0.3) is 0 Å². The van der Waals surface area contributed by atoms with Gasteiger partial charge >= 0.3 is 0 Å². The predicted octanol–water partition coefficient (Wildman–Crippen LogP) is 3.47. The Morgan fingerprint density at radius 3 is 2.94 bits per heavy atom. The van der Waals surface area contributed by atoms with Gasteiger partial charge in [0, 0.05) is 42.0 Å². The average Bonchev–Trinajstić information content (AvgIpc) is 3.64. The minimum absolute atomic E-state index is 0.0610. The number of nitrogens with zero attached hydrogens (tertiary/aromatic N) is 6. The lowest BCUT2D eigenvalue weighted by atomic mass is 9.86. The summed E-state index contributed by atoms with van der Waals surface area (Å²) in [5.41, 5.74) is 2.91. The van der Waals surface area contributed by atoms with E-state index >= 15 is 0 Å². The van der Waals surface area contributed by atoms with Crippen LogP contribution in [0, 0.1) is 5.92 Å². The number of piperazine rings is 1. The summed E-state index contributed by atoms with van der Waals surface area (Å²) in [7, 11) is 3.82. The summed E-state index contributed by atoms with van der Waals surface area (Å²) in [6.45, 7) is 1.89. The largest absolute Gasteiger partial charge is 0.494 e. The fourth-order valence-corrected chi connectivity index (χ4v) is 7.84. The van der Waals surface area contributed by atoms with Gasteiger partial charge < -0.3 is 15.0 Å². The third-order valence-electron chi connectivity index (χ3n) is 7.81. The molecule has 3 atom stereocenters. The molecule has 1 unspecified atom stereocenters. The van der Waals surface area contributed by atoms with Gasteiger partial charge in [-0.05, 0) is 55.9 Å². The third-order valence-corrected chi connectivity index (χ3v) is 9.66. The summed E-state index contributed by atoms with van der Waals surface area (Å²) in [5, 5.41) is 8.69. The van der Waals surface area contributed by atoms with Crippen LogP contribution in [0.2, 0.25) is 0 Å². The Morgan fingerprint density at radius 2 is 2.14 bits per heavy atom. The van der Waals surface area contributed by atoms with Crippen molar-refractivity contribution in [3.63, 3.8) is 0 Å². The van der Waals surface area contributed by atoms with E-state index in [0.29, 0.717) is 23.7 Å². The van der Waals surface area contributed by atoms with Crippen LogP contribution in [0.3, 0.4) is 0 Å². The highest BCUT2D eigenvalue weighted by molar-refractivity contribution is 7.19. The highest BCUT2D eigenvalue weighted by Crippen LogP contribution is 2.43. The molecular formula is C24H25N7O2S2. The lowest BCUT2D eigenvalue weighted by Gasteiger charge is -2.35. The second-order valence-corrected chi connectivity index (χ2v) is 11.6. The van der Waals surface area contributed by atoms with Crippen molar-refractivity contribution in [3.8, 4) is 5.75 Å². The Bertz CT molecular complexity index is 1470. The molecule has 0 radical (unpaired) electrons. The van der Waals surface area contributed by atoms with Crippen molar-refractivity contribution in [1.82, 2.24) is 29.4 Å². The van der Waals surface area contributed by atoms with Crippen LogP contribution in [0.25, 0.3) is 20.4 Å². The Labute approximate surface area is 210 Å². The second-order valence-electron chi connectivity index (χ2n) is 9.74. The fourth-order valence-electron chi connectivity index (χ4n) is 5.99. The van der Waals surface area contributed by atoms with Crippen molar-refractivity contribution >= 4 is 60.7 Å². The number of likely N-dealkylation sites (N-methyl/N-ethyl adjacent to an activating group) is 1. The monoisotopic (exact) mass is 507 g/mol. The van der Waals surface area contributed by atoms with Crippen LogP contribution in [0.4, 0.5) is 11.5 Å². The van der Waals surface area contributed by atoms with Crippen LogP contribution < -0.4 is 10.1 Å². The number of benzene rings is 1. The predicted molar refractivity (Wildman–Crippen MR) is 137 cm³/mol.